The van der Waals surface area contributed by atoms with Gasteiger partial charge in [-0.2, -0.15) is 0 Å². The van der Waals surface area contributed by atoms with Crippen molar-refractivity contribution >= 4 is 45.9 Å². The fraction of sp³-hybridized carbons (Fsp3) is 0.273. The number of benzene rings is 1. The van der Waals surface area contributed by atoms with E-state index >= 15 is 0 Å². The number of phenolic OH excluding ortho intramolecular Hbond substituents is 1. The summed E-state index contributed by atoms with van der Waals surface area (Å²) < 4.78 is 0.923. The molecule has 1 saturated heterocycles. The molecule has 0 unspecified atom stereocenters. The summed E-state index contributed by atoms with van der Waals surface area (Å²) in [5.41, 5.74) is 1.13. The standard InChI is InChI=1S/C22H22N4O4S2/c1-13-3-2-4-18(24-13)25-22-23-12-19(32-22)31-15-5-6-17(27)16(11-15)20(28)26-9-7-14(8-10-26)21(29)30/h2-6,11-12,14,27H,7-10H2,1H3,(H,29,30)(H,23,24,25). The van der Waals surface area contributed by atoms with E-state index in [9.17, 15) is 14.7 Å². The number of pyridine rings is 1. The summed E-state index contributed by atoms with van der Waals surface area (Å²) in [5, 5.41) is 23.3. The van der Waals surface area contributed by atoms with Gasteiger partial charge in [0.25, 0.3) is 5.91 Å². The SMILES string of the molecule is Cc1cccc(Nc2ncc(Sc3ccc(O)c(C(=O)N4CCC(C(=O)O)CC4)c3)s2)n1. The van der Waals surface area contributed by atoms with Gasteiger partial charge in [-0.3, -0.25) is 9.59 Å². The summed E-state index contributed by atoms with van der Waals surface area (Å²) in [4.78, 5) is 35.2. The van der Waals surface area contributed by atoms with Crippen LogP contribution in [0.25, 0.3) is 0 Å². The monoisotopic (exact) mass is 470 g/mol. The number of carboxylic acids is 1. The van der Waals surface area contributed by atoms with Gasteiger partial charge in [0.2, 0.25) is 0 Å². The Kier molecular flexibility index (Phi) is 6.61. The zero-order valence-corrected chi connectivity index (χ0v) is 18.9. The van der Waals surface area contributed by atoms with Crippen molar-refractivity contribution < 1.29 is 19.8 Å². The molecular weight excluding hydrogens is 448 g/mol. The van der Waals surface area contributed by atoms with Crippen molar-refractivity contribution in [3.63, 3.8) is 0 Å². The van der Waals surface area contributed by atoms with E-state index in [2.05, 4.69) is 15.3 Å². The van der Waals surface area contributed by atoms with Gasteiger partial charge in [-0.15, -0.1) is 0 Å². The second kappa shape index (κ2) is 9.58. The van der Waals surface area contributed by atoms with Crippen LogP contribution in [0.3, 0.4) is 0 Å². The molecule has 1 aliphatic heterocycles. The molecule has 3 heterocycles. The van der Waals surface area contributed by atoms with Gasteiger partial charge in [-0.25, -0.2) is 9.97 Å². The molecule has 3 aromatic rings. The van der Waals surface area contributed by atoms with E-state index in [0.29, 0.717) is 31.1 Å². The van der Waals surface area contributed by atoms with Gasteiger partial charge in [-0.1, -0.05) is 29.2 Å². The van der Waals surface area contributed by atoms with Crippen LogP contribution in [-0.2, 0) is 4.79 Å². The Balaban J connectivity index is 1.43. The van der Waals surface area contributed by atoms with Crippen LogP contribution in [-0.4, -0.2) is 50.0 Å². The predicted molar refractivity (Wildman–Crippen MR) is 123 cm³/mol. The number of carbonyl (C=O) groups is 2. The number of hydrogen-bond acceptors (Lipinski definition) is 8. The number of amides is 1. The Hall–Kier alpha value is -3.11. The zero-order valence-electron chi connectivity index (χ0n) is 17.3. The van der Waals surface area contributed by atoms with Gasteiger partial charge in [0.15, 0.2) is 5.13 Å². The summed E-state index contributed by atoms with van der Waals surface area (Å²) in [6, 6.07) is 10.6. The Bertz CT molecular complexity index is 1140. The minimum absolute atomic E-state index is 0.0862. The minimum Gasteiger partial charge on any atom is -0.507 e. The number of phenols is 1. The highest BCUT2D eigenvalue weighted by molar-refractivity contribution is 8.01. The molecule has 166 valence electrons. The van der Waals surface area contributed by atoms with Gasteiger partial charge in [0.05, 0.1) is 21.9 Å². The number of likely N-dealkylation sites (tertiary alicyclic amines) is 1. The van der Waals surface area contributed by atoms with Crippen LogP contribution < -0.4 is 5.32 Å². The smallest absolute Gasteiger partial charge is 0.306 e. The van der Waals surface area contributed by atoms with Crippen LogP contribution in [0.5, 0.6) is 5.75 Å². The second-order valence-corrected chi connectivity index (χ2v) is 9.86. The molecule has 10 heteroatoms. The van der Waals surface area contributed by atoms with E-state index in [1.54, 1.807) is 23.2 Å². The number of piperidine rings is 1. The van der Waals surface area contributed by atoms with E-state index in [1.165, 1.54) is 29.2 Å². The minimum atomic E-state index is -0.824. The number of aliphatic carboxylic acids is 1. The molecule has 0 aliphatic carbocycles. The van der Waals surface area contributed by atoms with E-state index in [1.807, 2.05) is 25.1 Å². The molecule has 4 rings (SSSR count). The second-order valence-electron chi connectivity index (χ2n) is 7.46. The van der Waals surface area contributed by atoms with Crippen LogP contribution in [0.15, 0.2) is 51.7 Å². The predicted octanol–water partition coefficient (Wildman–Crippen LogP) is 4.38. The maximum Gasteiger partial charge on any atom is 0.306 e. The lowest BCUT2D eigenvalue weighted by Gasteiger charge is -2.30. The Morgan fingerprint density at radius 1 is 1.22 bits per heavy atom. The number of aromatic nitrogens is 2. The molecule has 2 aromatic heterocycles. The zero-order chi connectivity index (χ0) is 22.7. The third-order valence-corrected chi connectivity index (χ3v) is 7.16. The lowest BCUT2D eigenvalue weighted by molar-refractivity contribution is -0.143. The topological polar surface area (TPSA) is 116 Å². The fourth-order valence-electron chi connectivity index (χ4n) is 3.45. The van der Waals surface area contributed by atoms with Gasteiger partial charge in [0, 0.05) is 23.7 Å². The summed E-state index contributed by atoms with van der Waals surface area (Å²) in [6.45, 7) is 2.65. The summed E-state index contributed by atoms with van der Waals surface area (Å²) in [7, 11) is 0. The van der Waals surface area contributed by atoms with Gasteiger partial charge < -0.3 is 20.4 Å². The summed E-state index contributed by atoms with van der Waals surface area (Å²) in [6.07, 6.45) is 2.59. The Labute approximate surface area is 193 Å². The average molecular weight is 471 g/mol. The molecule has 8 nitrogen and oxygen atoms in total. The molecule has 1 aliphatic rings. The molecule has 1 amide bonds. The fourth-order valence-corrected chi connectivity index (χ4v) is 5.35. The molecule has 3 N–H and O–H groups in total. The molecule has 0 atom stereocenters. The highest BCUT2D eigenvalue weighted by Crippen LogP contribution is 2.37. The molecule has 0 saturated carbocycles. The van der Waals surface area contributed by atoms with Crippen LogP contribution in [0.1, 0.15) is 28.9 Å². The van der Waals surface area contributed by atoms with Gasteiger partial charge in [-0.05, 0) is 50.1 Å². The quantitative estimate of drug-likeness (QED) is 0.486. The van der Waals surface area contributed by atoms with Crippen molar-refractivity contribution in [2.24, 2.45) is 5.92 Å². The van der Waals surface area contributed by atoms with Crippen molar-refractivity contribution in [3.8, 4) is 5.75 Å². The lowest BCUT2D eigenvalue weighted by Crippen LogP contribution is -2.40. The van der Waals surface area contributed by atoms with E-state index < -0.39 is 11.9 Å². The van der Waals surface area contributed by atoms with E-state index in [0.717, 1.165) is 20.6 Å². The molecule has 1 fully saturated rings. The van der Waals surface area contributed by atoms with Crippen molar-refractivity contribution in [3.05, 3.63) is 53.9 Å². The number of anilines is 2. The number of nitrogens with zero attached hydrogens (tertiary/aromatic N) is 3. The molecule has 1 aromatic carbocycles. The number of aryl methyl sites for hydroxylation is 1. The molecular formula is C22H22N4O4S2. The third kappa shape index (κ3) is 5.20. The van der Waals surface area contributed by atoms with Crippen molar-refractivity contribution in [2.45, 2.75) is 28.9 Å². The Morgan fingerprint density at radius 2 is 2.00 bits per heavy atom. The van der Waals surface area contributed by atoms with Crippen molar-refractivity contribution in [2.75, 3.05) is 18.4 Å². The first-order valence-corrected chi connectivity index (χ1v) is 11.7. The molecule has 32 heavy (non-hydrogen) atoms. The third-order valence-electron chi connectivity index (χ3n) is 5.16. The van der Waals surface area contributed by atoms with Gasteiger partial charge in [0.1, 0.15) is 11.6 Å². The Morgan fingerprint density at radius 3 is 2.72 bits per heavy atom. The van der Waals surface area contributed by atoms with Crippen LogP contribution in [0.2, 0.25) is 0 Å². The average Bonchev–Trinajstić information content (AvgIpc) is 3.21. The number of carbonyl (C=O) groups excluding carboxylic acids is 1. The van der Waals surface area contributed by atoms with Crippen LogP contribution in [0, 0.1) is 12.8 Å². The first-order valence-electron chi connectivity index (χ1n) is 10.1. The van der Waals surface area contributed by atoms with Crippen LogP contribution in [0.4, 0.5) is 10.9 Å². The van der Waals surface area contributed by atoms with Crippen molar-refractivity contribution in [1.29, 1.82) is 0 Å². The molecule has 0 spiro atoms. The van der Waals surface area contributed by atoms with E-state index in [-0.39, 0.29) is 17.2 Å². The number of hydrogen-bond donors (Lipinski definition) is 3. The first-order chi connectivity index (χ1) is 15.4. The van der Waals surface area contributed by atoms with Crippen LogP contribution >= 0.6 is 23.1 Å². The summed E-state index contributed by atoms with van der Waals surface area (Å²) >= 11 is 2.91. The number of nitrogens with one attached hydrogen (secondary N) is 1. The van der Waals surface area contributed by atoms with Gasteiger partial charge >= 0.3 is 5.97 Å². The molecule has 0 radical (unpaired) electrons. The largest absolute Gasteiger partial charge is 0.507 e. The first kappa shape index (κ1) is 22.1. The number of aromatic hydroxyl groups is 1. The lowest BCUT2D eigenvalue weighted by atomic mass is 9.96. The maximum atomic E-state index is 12.9. The number of carboxylic acid groups (broad SMARTS) is 1. The highest BCUT2D eigenvalue weighted by Gasteiger charge is 2.28. The van der Waals surface area contributed by atoms with Crippen molar-refractivity contribution in [1.82, 2.24) is 14.9 Å². The number of thiazole rings is 1. The molecule has 0 bridgehead atoms. The highest BCUT2D eigenvalue weighted by atomic mass is 32.2. The summed E-state index contributed by atoms with van der Waals surface area (Å²) in [5.74, 6) is -0.892. The van der Waals surface area contributed by atoms with E-state index in [4.69, 9.17) is 5.11 Å². The normalized spacial score (nSPS) is 14.3. The maximum absolute atomic E-state index is 12.9. The number of rotatable bonds is 6.